The topological polar surface area (TPSA) is 110 Å². The molecule has 0 saturated carbocycles. The van der Waals surface area contributed by atoms with E-state index in [2.05, 4.69) is 25.3 Å². The van der Waals surface area contributed by atoms with E-state index in [9.17, 15) is 4.79 Å². The molecular formula is C21H15N5O3. The van der Waals surface area contributed by atoms with Gasteiger partial charge in [0.2, 0.25) is 17.4 Å². The number of aromatic nitrogens is 5. The molecule has 8 heteroatoms. The van der Waals surface area contributed by atoms with Crippen LogP contribution in [0, 0.1) is 0 Å². The van der Waals surface area contributed by atoms with Crippen LogP contribution in [0.25, 0.3) is 33.8 Å². The van der Waals surface area contributed by atoms with Crippen LogP contribution in [0.5, 0.6) is 5.88 Å². The summed E-state index contributed by atoms with van der Waals surface area (Å²) in [5.41, 5.74) is 3.91. The van der Waals surface area contributed by atoms with Crippen molar-refractivity contribution in [2.45, 2.75) is 0 Å². The maximum atomic E-state index is 12.3. The molecule has 0 atom stereocenters. The Morgan fingerprint density at radius 1 is 1.03 bits per heavy atom. The highest BCUT2D eigenvalue weighted by molar-refractivity contribution is 5.95. The maximum absolute atomic E-state index is 12.3. The second-order valence-corrected chi connectivity index (χ2v) is 6.38. The zero-order valence-electron chi connectivity index (χ0n) is 15.1. The number of imidazole rings is 1. The summed E-state index contributed by atoms with van der Waals surface area (Å²) in [5.74, 6) is 0.740. The number of rotatable bonds is 6. The van der Waals surface area contributed by atoms with Crippen LogP contribution in [-0.4, -0.2) is 37.7 Å². The molecule has 0 spiro atoms. The first-order valence-electron chi connectivity index (χ1n) is 8.95. The highest BCUT2D eigenvalue weighted by Gasteiger charge is 2.16. The monoisotopic (exact) mass is 385 g/mol. The van der Waals surface area contributed by atoms with E-state index in [1.54, 1.807) is 12.1 Å². The third kappa shape index (κ3) is 3.39. The van der Waals surface area contributed by atoms with Gasteiger partial charge in [-0.15, -0.1) is 5.10 Å². The summed E-state index contributed by atoms with van der Waals surface area (Å²) in [6.45, 7) is -0.214. The van der Waals surface area contributed by atoms with Crippen molar-refractivity contribution in [2.24, 2.45) is 0 Å². The molecular weight excluding hydrogens is 370 g/mol. The van der Waals surface area contributed by atoms with Crippen LogP contribution >= 0.6 is 0 Å². The Bertz CT molecular complexity index is 1250. The van der Waals surface area contributed by atoms with Crippen molar-refractivity contribution in [2.75, 3.05) is 6.61 Å². The number of para-hydroxylation sites is 2. The second kappa shape index (κ2) is 7.08. The van der Waals surface area contributed by atoms with E-state index in [0.29, 0.717) is 17.2 Å². The van der Waals surface area contributed by atoms with Gasteiger partial charge in [0.25, 0.3) is 0 Å². The molecule has 0 aliphatic heterocycles. The van der Waals surface area contributed by atoms with E-state index in [-0.39, 0.29) is 24.0 Å². The summed E-state index contributed by atoms with van der Waals surface area (Å²) in [6, 6.07) is 20.5. The first-order valence-corrected chi connectivity index (χ1v) is 8.95. The SMILES string of the molecule is O=C(COc1cc(-c2nc3ccccc3[nH]2)[nH]n1)c1cc(-c2ccccc2)no1. The predicted octanol–water partition coefficient (Wildman–Crippen LogP) is 3.87. The molecule has 0 saturated heterocycles. The van der Waals surface area contributed by atoms with Crippen molar-refractivity contribution in [3.8, 4) is 28.7 Å². The number of carbonyl (C=O) groups excluding carboxylic acids is 1. The van der Waals surface area contributed by atoms with Gasteiger partial charge in [0.05, 0.1) is 11.0 Å². The highest BCUT2D eigenvalue weighted by atomic mass is 16.5. The van der Waals surface area contributed by atoms with Gasteiger partial charge in [0, 0.05) is 17.7 Å². The van der Waals surface area contributed by atoms with Crippen LogP contribution in [-0.2, 0) is 0 Å². The fraction of sp³-hybridized carbons (Fsp3) is 0.0476. The van der Waals surface area contributed by atoms with Gasteiger partial charge in [0.15, 0.2) is 12.4 Å². The molecule has 0 aliphatic rings. The summed E-state index contributed by atoms with van der Waals surface area (Å²) in [6.07, 6.45) is 0. The van der Waals surface area contributed by atoms with Gasteiger partial charge in [-0.1, -0.05) is 47.6 Å². The number of nitrogens with zero attached hydrogens (tertiary/aromatic N) is 3. The number of hydrogen-bond donors (Lipinski definition) is 2. The quantitative estimate of drug-likeness (QED) is 0.429. The fourth-order valence-electron chi connectivity index (χ4n) is 2.94. The molecule has 3 heterocycles. The molecule has 0 unspecified atom stereocenters. The maximum Gasteiger partial charge on any atom is 0.238 e. The fourth-order valence-corrected chi connectivity index (χ4v) is 2.94. The molecule has 5 aromatic rings. The Morgan fingerprint density at radius 3 is 2.72 bits per heavy atom. The summed E-state index contributed by atoms with van der Waals surface area (Å²) in [4.78, 5) is 20.0. The van der Waals surface area contributed by atoms with Gasteiger partial charge in [-0.25, -0.2) is 4.98 Å². The van der Waals surface area contributed by atoms with E-state index in [0.717, 1.165) is 16.6 Å². The van der Waals surface area contributed by atoms with Crippen molar-refractivity contribution in [1.82, 2.24) is 25.3 Å². The average Bonchev–Trinajstić information content (AvgIpc) is 3.51. The standard InChI is InChI=1S/C21H15N5O3/c27-18(19-10-16(26-29-19)13-6-2-1-3-7-13)12-28-20-11-17(24-25-20)21-22-14-8-4-5-9-15(14)23-21/h1-11H,12H2,(H,22,23)(H,24,25). The van der Waals surface area contributed by atoms with Crippen molar-refractivity contribution in [1.29, 1.82) is 0 Å². The number of nitrogens with one attached hydrogen (secondary N) is 2. The number of benzene rings is 2. The van der Waals surface area contributed by atoms with Crippen LogP contribution in [0.4, 0.5) is 0 Å². The predicted molar refractivity (Wildman–Crippen MR) is 105 cm³/mol. The van der Waals surface area contributed by atoms with Crippen LogP contribution in [0.2, 0.25) is 0 Å². The number of ether oxygens (including phenoxy) is 1. The molecule has 0 amide bonds. The minimum atomic E-state index is -0.326. The number of hydrogen-bond acceptors (Lipinski definition) is 6. The Hall–Kier alpha value is -4.20. The molecule has 3 aromatic heterocycles. The molecule has 142 valence electrons. The summed E-state index contributed by atoms with van der Waals surface area (Å²) in [5, 5.41) is 10.9. The number of fused-ring (bicyclic) bond motifs is 1. The lowest BCUT2D eigenvalue weighted by Gasteiger charge is -1.98. The van der Waals surface area contributed by atoms with Gasteiger partial charge in [0.1, 0.15) is 11.4 Å². The van der Waals surface area contributed by atoms with Crippen molar-refractivity contribution < 1.29 is 14.1 Å². The number of Topliss-reactive ketones (excluding diaryl/α,β-unsaturated/α-hetero) is 1. The number of carbonyl (C=O) groups is 1. The van der Waals surface area contributed by atoms with Gasteiger partial charge >= 0.3 is 0 Å². The lowest BCUT2D eigenvalue weighted by Crippen LogP contribution is -2.10. The molecule has 0 fully saturated rings. The molecule has 2 N–H and O–H groups in total. The van der Waals surface area contributed by atoms with Crippen LogP contribution in [0.15, 0.2) is 71.3 Å². The van der Waals surface area contributed by atoms with E-state index < -0.39 is 0 Å². The molecule has 29 heavy (non-hydrogen) atoms. The largest absolute Gasteiger partial charge is 0.468 e. The third-order valence-electron chi connectivity index (χ3n) is 4.40. The minimum absolute atomic E-state index is 0.136. The Morgan fingerprint density at radius 2 is 1.86 bits per heavy atom. The molecule has 5 rings (SSSR count). The van der Waals surface area contributed by atoms with Gasteiger partial charge in [-0.2, -0.15) is 0 Å². The summed E-state index contributed by atoms with van der Waals surface area (Å²) in [7, 11) is 0. The molecule has 0 radical (unpaired) electrons. The molecule has 8 nitrogen and oxygen atoms in total. The van der Waals surface area contributed by atoms with Crippen LogP contribution in [0.1, 0.15) is 10.6 Å². The second-order valence-electron chi connectivity index (χ2n) is 6.38. The normalized spacial score (nSPS) is 11.0. The van der Waals surface area contributed by atoms with Crippen molar-refractivity contribution >= 4 is 16.8 Å². The van der Waals surface area contributed by atoms with Crippen LogP contribution in [0.3, 0.4) is 0 Å². The number of aromatic amines is 2. The smallest absolute Gasteiger partial charge is 0.238 e. The van der Waals surface area contributed by atoms with Crippen molar-refractivity contribution in [3.63, 3.8) is 0 Å². The van der Waals surface area contributed by atoms with Gasteiger partial charge in [-0.3, -0.25) is 9.89 Å². The van der Waals surface area contributed by atoms with E-state index >= 15 is 0 Å². The average molecular weight is 385 g/mol. The third-order valence-corrected chi connectivity index (χ3v) is 4.40. The molecule has 0 bridgehead atoms. The molecule has 2 aromatic carbocycles. The number of H-pyrrole nitrogens is 2. The Kier molecular flexibility index (Phi) is 4.14. The van der Waals surface area contributed by atoms with E-state index in [4.69, 9.17) is 9.26 Å². The zero-order valence-corrected chi connectivity index (χ0v) is 15.1. The highest BCUT2D eigenvalue weighted by Crippen LogP contribution is 2.22. The Balaban J connectivity index is 1.26. The van der Waals surface area contributed by atoms with Crippen molar-refractivity contribution in [3.05, 3.63) is 72.5 Å². The van der Waals surface area contributed by atoms with Crippen LogP contribution < -0.4 is 4.74 Å². The van der Waals surface area contributed by atoms with E-state index in [1.807, 2.05) is 54.6 Å². The lowest BCUT2D eigenvalue weighted by molar-refractivity contribution is 0.0881. The van der Waals surface area contributed by atoms with Gasteiger partial charge in [-0.05, 0) is 12.1 Å². The summed E-state index contributed by atoms with van der Waals surface area (Å²) >= 11 is 0. The molecule has 0 aliphatic carbocycles. The Labute approximate surface area is 164 Å². The van der Waals surface area contributed by atoms with Gasteiger partial charge < -0.3 is 14.2 Å². The number of ketones is 1. The lowest BCUT2D eigenvalue weighted by atomic mass is 10.1. The first kappa shape index (κ1) is 16.9. The first-order chi connectivity index (χ1) is 14.3. The zero-order chi connectivity index (χ0) is 19.6. The minimum Gasteiger partial charge on any atom is -0.468 e. The summed E-state index contributed by atoms with van der Waals surface area (Å²) < 4.78 is 10.6. The van der Waals surface area contributed by atoms with E-state index in [1.165, 1.54) is 0 Å².